The van der Waals surface area contributed by atoms with Crippen LogP contribution in [0.25, 0.3) is 0 Å². The Morgan fingerprint density at radius 3 is 2.06 bits per heavy atom. The van der Waals surface area contributed by atoms with Gasteiger partial charge < -0.3 is 0 Å². The molecule has 0 spiro atoms. The maximum atomic E-state index is 11.7. The van der Waals surface area contributed by atoms with Gasteiger partial charge in [-0.1, -0.05) is 13.3 Å². The van der Waals surface area contributed by atoms with Crippen LogP contribution in [0.1, 0.15) is 64.7 Å². The molecule has 3 aliphatic rings. The molecule has 0 radical (unpaired) electrons. The van der Waals surface area contributed by atoms with Crippen LogP contribution in [0, 0.1) is 5.92 Å². The number of hydrogen-bond acceptors (Lipinski definition) is 2. The number of carbonyl (C=O) groups excluding carboxylic acids is 1. The van der Waals surface area contributed by atoms with Crippen LogP contribution >= 0.6 is 0 Å². The van der Waals surface area contributed by atoms with Gasteiger partial charge in [0.2, 0.25) is 0 Å². The first-order chi connectivity index (χ1) is 8.24. The minimum atomic E-state index is 0.528. The summed E-state index contributed by atoms with van der Waals surface area (Å²) in [6, 6.07) is 2.01. The standard InChI is InChI=1S/C15H25NO/c1-11-5-7-12(8-6-11)16-13-3-2-4-14(16)10-15(17)9-13/h11-14H,2-10H2,1H3. The number of piperidine rings is 2. The van der Waals surface area contributed by atoms with E-state index in [0.717, 1.165) is 24.8 Å². The minimum absolute atomic E-state index is 0.528. The second-order valence-electron chi connectivity index (χ2n) is 6.55. The molecule has 3 fully saturated rings. The smallest absolute Gasteiger partial charge is 0.136 e. The number of Topliss-reactive ketones (excluding diaryl/α,β-unsaturated/α-hetero) is 1. The zero-order chi connectivity index (χ0) is 11.8. The second-order valence-corrected chi connectivity index (χ2v) is 6.55. The molecule has 2 heterocycles. The van der Waals surface area contributed by atoms with Crippen molar-refractivity contribution in [3.63, 3.8) is 0 Å². The molecule has 1 aliphatic carbocycles. The first-order valence-corrected chi connectivity index (χ1v) is 7.53. The molecule has 3 rings (SSSR count). The summed E-state index contributed by atoms with van der Waals surface area (Å²) in [5, 5.41) is 0. The number of fused-ring (bicyclic) bond motifs is 2. The summed E-state index contributed by atoms with van der Waals surface area (Å²) in [4.78, 5) is 14.5. The van der Waals surface area contributed by atoms with Crippen molar-refractivity contribution in [1.82, 2.24) is 4.90 Å². The van der Waals surface area contributed by atoms with E-state index in [4.69, 9.17) is 0 Å². The molecule has 2 atom stereocenters. The molecule has 0 aromatic carbocycles. The van der Waals surface area contributed by atoms with E-state index in [0.29, 0.717) is 17.9 Å². The van der Waals surface area contributed by atoms with E-state index in [-0.39, 0.29) is 0 Å². The molecule has 2 heteroatoms. The zero-order valence-electron chi connectivity index (χ0n) is 11.0. The number of nitrogens with zero attached hydrogens (tertiary/aromatic N) is 1. The van der Waals surface area contributed by atoms with Gasteiger partial charge >= 0.3 is 0 Å². The lowest BCUT2D eigenvalue weighted by Gasteiger charge is -2.51. The Kier molecular flexibility index (Phi) is 3.25. The fraction of sp³-hybridized carbons (Fsp3) is 0.933. The lowest BCUT2D eigenvalue weighted by molar-refractivity contribution is -0.129. The molecular weight excluding hydrogens is 210 g/mol. The summed E-state index contributed by atoms with van der Waals surface area (Å²) in [5.74, 6) is 1.46. The molecule has 2 aliphatic heterocycles. The Morgan fingerprint density at radius 1 is 0.882 bits per heavy atom. The topological polar surface area (TPSA) is 20.3 Å². The molecule has 2 nitrogen and oxygen atoms in total. The monoisotopic (exact) mass is 235 g/mol. The molecular formula is C15H25NO. The van der Waals surface area contributed by atoms with E-state index in [1.165, 1.54) is 44.9 Å². The Balaban J connectivity index is 1.71. The fourth-order valence-electron chi connectivity index (χ4n) is 4.35. The quantitative estimate of drug-likeness (QED) is 0.696. The highest BCUT2D eigenvalue weighted by Gasteiger charge is 2.41. The van der Waals surface area contributed by atoms with Crippen LogP contribution in [0.5, 0.6) is 0 Å². The van der Waals surface area contributed by atoms with Crippen LogP contribution < -0.4 is 0 Å². The van der Waals surface area contributed by atoms with E-state index in [9.17, 15) is 4.79 Å². The molecule has 96 valence electrons. The van der Waals surface area contributed by atoms with Gasteiger partial charge in [0, 0.05) is 31.0 Å². The molecule has 17 heavy (non-hydrogen) atoms. The van der Waals surface area contributed by atoms with Crippen molar-refractivity contribution in [1.29, 1.82) is 0 Å². The molecule has 0 amide bonds. The first kappa shape index (κ1) is 11.7. The number of rotatable bonds is 1. The molecule has 0 aromatic rings. The Labute approximate surface area is 105 Å². The average molecular weight is 235 g/mol. The van der Waals surface area contributed by atoms with Crippen LogP contribution in [0.15, 0.2) is 0 Å². The van der Waals surface area contributed by atoms with Crippen molar-refractivity contribution < 1.29 is 4.79 Å². The van der Waals surface area contributed by atoms with Crippen LogP contribution in [-0.4, -0.2) is 28.8 Å². The molecule has 0 aromatic heterocycles. The van der Waals surface area contributed by atoms with Gasteiger partial charge in [0.05, 0.1) is 0 Å². The van der Waals surface area contributed by atoms with E-state index in [1.807, 2.05) is 0 Å². The predicted octanol–water partition coefficient (Wildman–Crippen LogP) is 3.15. The molecule has 2 saturated heterocycles. The van der Waals surface area contributed by atoms with Crippen molar-refractivity contribution in [3.8, 4) is 0 Å². The SMILES string of the molecule is CC1CCC(N2C3CCCC2CC(=O)C3)CC1. The van der Waals surface area contributed by atoms with Gasteiger partial charge in [-0.25, -0.2) is 0 Å². The van der Waals surface area contributed by atoms with Crippen molar-refractivity contribution in [2.45, 2.75) is 82.8 Å². The predicted molar refractivity (Wildman–Crippen MR) is 68.9 cm³/mol. The van der Waals surface area contributed by atoms with Crippen LogP contribution in [0.2, 0.25) is 0 Å². The third-order valence-electron chi connectivity index (χ3n) is 5.25. The summed E-state index contributed by atoms with van der Waals surface area (Å²) in [6.45, 7) is 2.39. The van der Waals surface area contributed by atoms with Gasteiger partial charge in [-0.3, -0.25) is 9.69 Å². The third kappa shape index (κ3) is 2.29. The lowest BCUT2D eigenvalue weighted by atomic mass is 9.78. The third-order valence-corrected chi connectivity index (χ3v) is 5.25. The number of ketones is 1. The second kappa shape index (κ2) is 4.72. The highest BCUT2D eigenvalue weighted by molar-refractivity contribution is 5.80. The Morgan fingerprint density at radius 2 is 1.47 bits per heavy atom. The van der Waals surface area contributed by atoms with Gasteiger partial charge in [-0.05, 0) is 44.4 Å². The normalized spacial score (nSPS) is 43.7. The van der Waals surface area contributed by atoms with E-state index < -0.39 is 0 Å². The zero-order valence-corrected chi connectivity index (χ0v) is 11.0. The average Bonchev–Trinajstić information content (AvgIpc) is 2.29. The van der Waals surface area contributed by atoms with E-state index >= 15 is 0 Å². The van der Waals surface area contributed by atoms with Crippen LogP contribution in [-0.2, 0) is 4.79 Å². The van der Waals surface area contributed by atoms with E-state index in [1.54, 1.807) is 0 Å². The minimum Gasteiger partial charge on any atom is -0.300 e. The summed E-state index contributed by atoms with van der Waals surface area (Å²) in [5.41, 5.74) is 0. The number of carbonyl (C=O) groups is 1. The Bertz CT molecular complexity index is 277. The van der Waals surface area contributed by atoms with E-state index in [2.05, 4.69) is 11.8 Å². The fourth-order valence-corrected chi connectivity index (χ4v) is 4.35. The number of hydrogen-bond donors (Lipinski definition) is 0. The highest BCUT2D eigenvalue weighted by Crippen LogP contribution is 2.38. The summed E-state index contributed by atoms with van der Waals surface area (Å²) in [7, 11) is 0. The highest BCUT2D eigenvalue weighted by atomic mass is 16.1. The molecule has 2 bridgehead atoms. The largest absolute Gasteiger partial charge is 0.300 e. The lowest BCUT2D eigenvalue weighted by Crippen LogP contribution is -2.57. The van der Waals surface area contributed by atoms with Gasteiger partial charge in [-0.2, -0.15) is 0 Å². The summed E-state index contributed by atoms with van der Waals surface area (Å²) in [6.07, 6.45) is 11.1. The molecule has 1 saturated carbocycles. The maximum Gasteiger partial charge on any atom is 0.136 e. The van der Waals surface area contributed by atoms with Gasteiger partial charge in [0.1, 0.15) is 5.78 Å². The van der Waals surface area contributed by atoms with Crippen molar-refractivity contribution in [2.75, 3.05) is 0 Å². The summed E-state index contributed by atoms with van der Waals surface area (Å²) < 4.78 is 0. The molecule has 2 unspecified atom stereocenters. The molecule has 0 N–H and O–H groups in total. The van der Waals surface area contributed by atoms with Gasteiger partial charge in [-0.15, -0.1) is 0 Å². The van der Waals surface area contributed by atoms with Crippen LogP contribution in [0.3, 0.4) is 0 Å². The Hall–Kier alpha value is -0.370. The maximum absolute atomic E-state index is 11.7. The van der Waals surface area contributed by atoms with Crippen LogP contribution in [0.4, 0.5) is 0 Å². The van der Waals surface area contributed by atoms with Gasteiger partial charge in [0.15, 0.2) is 0 Å². The van der Waals surface area contributed by atoms with Crippen molar-refractivity contribution >= 4 is 5.78 Å². The van der Waals surface area contributed by atoms with Crippen molar-refractivity contribution in [3.05, 3.63) is 0 Å². The van der Waals surface area contributed by atoms with Crippen molar-refractivity contribution in [2.24, 2.45) is 5.92 Å². The summed E-state index contributed by atoms with van der Waals surface area (Å²) >= 11 is 0. The van der Waals surface area contributed by atoms with Gasteiger partial charge in [0.25, 0.3) is 0 Å². The first-order valence-electron chi connectivity index (χ1n) is 7.53.